The molecule has 18 heavy (non-hydrogen) atoms. The number of hydrogen-bond acceptors (Lipinski definition) is 3. The van der Waals surface area contributed by atoms with Crippen molar-refractivity contribution < 1.29 is 0 Å². The highest BCUT2D eigenvalue weighted by Crippen LogP contribution is 2.26. The molecule has 1 heterocycles. The number of para-hydroxylation sites is 1. The van der Waals surface area contributed by atoms with Crippen molar-refractivity contribution in [3.8, 4) is 0 Å². The molecule has 0 saturated carbocycles. The minimum atomic E-state index is 0.328. The van der Waals surface area contributed by atoms with Gasteiger partial charge < -0.3 is 5.32 Å². The molecule has 0 aliphatic heterocycles. The van der Waals surface area contributed by atoms with Crippen molar-refractivity contribution >= 4 is 21.6 Å². The molecule has 0 spiro atoms. The Kier molecular flexibility index (Phi) is 4.36. The van der Waals surface area contributed by atoms with Crippen molar-refractivity contribution in [2.75, 3.05) is 0 Å². The second-order valence-electron chi connectivity index (χ2n) is 5.17. The maximum Gasteiger partial charge on any atom is 0.111 e. The van der Waals surface area contributed by atoms with Crippen LogP contribution in [0.15, 0.2) is 24.3 Å². The summed E-state index contributed by atoms with van der Waals surface area (Å²) in [5.74, 6) is 0.659. The molecule has 2 aromatic rings. The Morgan fingerprint density at radius 1 is 1.22 bits per heavy atom. The molecule has 0 fully saturated rings. The van der Waals surface area contributed by atoms with E-state index in [0.717, 1.165) is 11.9 Å². The third kappa shape index (κ3) is 2.90. The number of aromatic nitrogens is 1. The summed E-state index contributed by atoms with van der Waals surface area (Å²) in [5.41, 5.74) is 1.11. The normalized spacial score (nSPS) is 15.2. The van der Waals surface area contributed by atoms with E-state index < -0.39 is 0 Å². The molecule has 3 heteroatoms. The van der Waals surface area contributed by atoms with Gasteiger partial charge in [-0.25, -0.2) is 4.98 Å². The molecule has 0 aliphatic rings. The quantitative estimate of drug-likeness (QED) is 0.865. The lowest BCUT2D eigenvalue weighted by Gasteiger charge is -2.24. The summed E-state index contributed by atoms with van der Waals surface area (Å²) in [6.07, 6.45) is 1.16. The van der Waals surface area contributed by atoms with Crippen molar-refractivity contribution in [3.05, 3.63) is 29.3 Å². The van der Waals surface area contributed by atoms with E-state index in [4.69, 9.17) is 4.98 Å². The van der Waals surface area contributed by atoms with Gasteiger partial charge in [0.1, 0.15) is 5.01 Å². The lowest BCUT2D eigenvalue weighted by molar-refractivity contribution is 0.355. The van der Waals surface area contributed by atoms with Crippen molar-refractivity contribution in [3.63, 3.8) is 0 Å². The van der Waals surface area contributed by atoms with Gasteiger partial charge in [-0.3, -0.25) is 0 Å². The first-order chi connectivity index (χ1) is 8.61. The van der Waals surface area contributed by atoms with Crippen LogP contribution in [0.4, 0.5) is 0 Å². The van der Waals surface area contributed by atoms with Crippen LogP contribution in [0.5, 0.6) is 0 Å². The Balaban J connectivity index is 2.15. The first-order valence-electron chi connectivity index (χ1n) is 6.73. The molecule has 0 saturated heterocycles. The van der Waals surface area contributed by atoms with Crippen molar-refractivity contribution in [1.82, 2.24) is 10.3 Å². The van der Waals surface area contributed by atoms with Crippen LogP contribution in [0, 0.1) is 5.92 Å². The highest BCUT2D eigenvalue weighted by Gasteiger charge is 2.17. The molecular weight excluding hydrogens is 240 g/mol. The topological polar surface area (TPSA) is 24.9 Å². The molecule has 1 N–H and O–H groups in total. The lowest BCUT2D eigenvalue weighted by atomic mass is 10.0. The van der Waals surface area contributed by atoms with Crippen molar-refractivity contribution in [2.45, 2.75) is 46.2 Å². The van der Waals surface area contributed by atoms with Gasteiger partial charge in [-0.1, -0.05) is 32.9 Å². The molecule has 2 nitrogen and oxygen atoms in total. The van der Waals surface area contributed by atoms with E-state index >= 15 is 0 Å². The highest BCUT2D eigenvalue weighted by molar-refractivity contribution is 7.18. The van der Waals surface area contributed by atoms with Gasteiger partial charge in [-0.05, 0) is 31.4 Å². The van der Waals surface area contributed by atoms with Crippen LogP contribution in [0.1, 0.15) is 45.2 Å². The van der Waals surface area contributed by atoms with Crippen LogP contribution in [-0.2, 0) is 0 Å². The van der Waals surface area contributed by atoms with Gasteiger partial charge in [0.05, 0.1) is 16.3 Å². The Labute approximate surface area is 113 Å². The van der Waals surface area contributed by atoms with E-state index in [-0.39, 0.29) is 0 Å². The van der Waals surface area contributed by atoms with Gasteiger partial charge in [0.25, 0.3) is 0 Å². The summed E-state index contributed by atoms with van der Waals surface area (Å²) >= 11 is 1.80. The Hall–Kier alpha value is -0.930. The highest BCUT2D eigenvalue weighted by atomic mass is 32.1. The standard InChI is InChI=1S/C15H22N2S/c1-5-12(10(2)3)16-11(4)15-17-13-8-6-7-9-14(13)18-15/h6-12,16H,5H2,1-4H3. The number of fused-ring (bicyclic) bond motifs is 1. The van der Waals surface area contributed by atoms with E-state index in [1.54, 1.807) is 11.3 Å². The zero-order valence-corrected chi connectivity index (χ0v) is 12.4. The molecule has 1 aromatic heterocycles. The zero-order valence-electron chi connectivity index (χ0n) is 11.6. The summed E-state index contributed by atoms with van der Waals surface area (Å²) in [7, 11) is 0. The van der Waals surface area contributed by atoms with Crippen LogP contribution >= 0.6 is 11.3 Å². The van der Waals surface area contributed by atoms with Crippen molar-refractivity contribution in [2.24, 2.45) is 5.92 Å². The number of rotatable bonds is 5. The molecule has 1 aromatic carbocycles. The van der Waals surface area contributed by atoms with E-state index in [0.29, 0.717) is 18.0 Å². The third-order valence-electron chi connectivity index (χ3n) is 3.39. The SMILES string of the molecule is CCC(NC(C)c1nc2ccccc2s1)C(C)C. The van der Waals surface area contributed by atoms with Gasteiger partial charge in [-0.2, -0.15) is 0 Å². The zero-order chi connectivity index (χ0) is 13.1. The molecule has 0 bridgehead atoms. The fraction of sp³-hybridized carbons (Fsp3) is 0.533. The molecule has 2 rings (SSSR count). The molecule has 98 valence electrons. The minimum absolute atomic E-state index is 0.328. The summed E-state index contributed by atoms with van der Waals surface area (Å²) in [6.45, 7) is 8.99. The monoisotopic (exact) mass is 262 g/mol. The lowest BCUT2D eigenvalue weighted by Crippen LogP contribution is -2.35. The molecule has 2 unspecified atom stereocenters. The fourth-order valence-electron chi connectivity index (χ4n) is 2.25. The van der Waals surface area contributed by atoms with Crippen LogP contribution < -0.4 is 5.32 Å². The summed E-state index contributed by atoms with van der Waals surface area (Å²) in [5, 5.41) is 4.88. The minimum Gasteiger partial charge on any atom is -0.305 e. The van der Waals surface area contributed by atoms with Gasteiger partial charge in [0, 0.05) is 6.04 Å². The maximum absolute atomic E-state index is 4.72. The van der Waals surface area contributed by atoms with Crippen molar-refractivity contribution in [1.29, 1.82) is 0 Å². The second kappa shape index (κ2) is 5.81. The number of nitrogens with one attached hydrogen (secondary N) is 1. The molecule has 2 atom stereocenters. The predicted octanol–water partition coefficient (Wildman–Crippen LogP) is 4.38. The van der Waals surface area contributed by atoms with Crippen LogP contribution in [0.2, 0.25) is 0 Å². The summed E-state index contributed by atoms with van der Waals surface area (Å²) in [6, 6.07) is 9.24. The fourth-order valence-corrected chi connectivity index (χ4v) is 3.23. The van der Waals surface area contributed by atoms with Crippen LogP contribution in [-0.4, -0.2) is 11.0 Å². The molecule has 0 aliphatic carbocycles. The smallest absolute Gasteiger partial charge is 0.111 e. The first-order valence-corrected chi connectivity index (χ1v) is 7.55. The average molecular weight is 262 g/mol. The molecule has 0 amide bonds. The van der Waals surface area contributed by atoms with Crippen LogP contribution in [0.3, 0.4) is 0 Å². The van der Waals surface area contributed by atoms with Gasteiger partial charge >= 0.3 is 0 Å². The third-order valence-corrected chi connectivity index (χ3v) is 4.61. The van der Waals surface area contributed by atoms with Gasteiger partial charge in [-0.15, -0.1) is 11.3 Å². The largest absolute Gasteiger partial charge is 0.305 e. The van der Waals surface area contributed by atoms with Gasteiger partial charge in [0.2, 0.25) is 0 Å². The number of thiazole rings is 1. The summed E-state index contributed by atoms with van der Waals surface area (Å²) in [4.78, 5) is 4.72. The predicted molar refractivity (Wildman–Crippen MR) is 80.1 cm³/mol. The summed E-state index contributed by atoms with van der Waals surface area (Å²) < 4.78 is 1.28. The second-order valence-corrected chi connectivity index (χ2v) is 6.23. The number of nitrogens with zero attached hydrogens (tertiary/aromatic N) is 1. The van der Waals surface area contributed by atoms with Gasteiger partial charge in [0.15, 0.2) is 0 Å². The van der Waals surface area contributed by atoms with E-state index in [2.05, 4.69) is 51.2 Å². The van der Waals surface area contributed by atoms with Crippen LogP contribution in [0.25, 0.3) is 10.2 Å². The van der Waals surface area contributed by atoms with E-state index in [1.165, 1.54) is 9.71 Å². The maximum atomic E-state index is 4.72. The number of hydrogen-bond donors (Lipinski definition) is 1. The Bertz CT molecular complexity index is 471. The first kappa shape index (κ1) is 13.5. The number of benzene rings is 1. The Morgan fingerprint density at radius 3 is 2.56 bits per heavy atom. The molecular formula is C15H22N2S. The van der Waals surface area contributed by atoms with E-state index in [1.807, 2.05) is 6.07 Å². The molecule has 0 radical (unpaired) electrons. The average Bonchev–Trinajstić information content (AvgIpc) is 2.79. The Morgan fingerprint density at radius 2 is 1.94 bits per heavy atom. The van der Waals surface area contributed by atoms with E-state index in [9.17, 15) is 0 Å².